The van der Waals surface area contributed by atoms with Crippen molar-refractivity contribution in [1.29, 1.82) is 0 Å². The van der Waals surface area contributed by atoms with Crippen LogP contribution < -0.4 is 10.6 Å². The molecule has 1 heterocycles. The zero-order valence-electron chi connectivity index (χ0n) is 6.39. The topological polar surface area (TPSA) is 24.1 Å². The van der Waals surface area contributed by atoms with E-state index in [0.29, 0.717) is 12.1 Å². The molecule has 1 fully saturated rings. The van der Waals surface area contributed by atoms with Crippen molar-refractivity contribution in [2.24, 2.45) is 0 Å². The van der Waals surface area contributed by atoms with Gasteiger partial charge in [-0.05, 0) is 26.9 Å². The summed E-state index contributed by atoms with van der Waals surface area (Å²) in [5.74, 6) is 0. The van der Waals surface area contributed by atoms with Crippen LogP contribution >= 0.6 is 24.8 Å². The van der Waals surface area contributed by atoms with Crippen molar-refractivity contribution in [2.45, 2.75) is 25.4 Å². The third kappa shape index (κ3) is 3.06. The molecule has 2 nitrogen and oxygen atoms in total. The van der Waals surface area contributed by atoms with Crippen LogP contribution in [-0.4, -0.2) is 25.7 Å². The minimum Gasteiger partial charge on any atom is -0.315 e. The molecule has 1 aliphatic heterocycles. The van der Waals surface area contributed by atoms with Crippen LogP contribution in [0.3, 0.4) is 0 Å². The van der Waals surface area contributed by atoms with Gasteiger partial charge in [-0.2, -0.15) is 0 Å². The summed E-state index contributed by atoms with van der Waals surface area (Å²) < 4.78 is 0. The van der Waals surface area contributed by atoms with Gasteiger partial charge in [0.1, 0.15) is 0 Å². The van der Waals surface area contributed by atoms with Crippen LogP contribution in [0.1, 0.15) is 13.3 Å². The van der Waals surface area contributed by atoms with Crippen molar-refractivity contribution in [3.8, 4) is 0 Å². The van der Waals surface area contributed by atoms with Gasteiger partial charge in [-0.25, -0.2) is 0 Å². The SMILES string of the molecule is CN[C@H]1CCN[C@H]1C.Cl.Cl. The molecule has 0 aromatic rings. The van der Waals surface area contributed by atoms with E-state index in [0.717, 1.165) is 0 Å². The van der Waals surface area contributed by atoms with Crippen molar-refractivity contribution in [2.75, 3.05) is 13.6 Å². The van der Waals surface area contributed by atoms with Gasteiger partial charge in [0.15, 0.2) is 0 Å². The summed E-state index contributed by atoms with van der Waals surface area (Å²) in [5.41, 5.74) is 0. The second-order valence-electron chi connectivity index (χ2n) is 2.43. The molecular formula is C6H16Cl2N2. The molecule has 4 heteroatoms. The van der Waals surface area contributed by atoms with Crippen molar-refractivity contribution < 1.29 is 0 Å². The maximum absolute atomic E-state index is 3.36. The molecular weight excluding hydrogens is 171 g/mol. The molecule has 0 aromatic heterocycles. The van der Waals surface area contributed by atoms with Gasteiger partial charge >= 0.3 is 0 Å². The molecule has 0 amide bonds. The summed E-state index contributed by atoms with van der Waals surface area (Å²) in [7, 11) is 2.02. The van der Waals surface area contributed by atoms with E-state index in [1.165, 1.54) is 13.0 Å². The van der Waals surface area contributed by atoms with E-state index < -0.39 is 0 Å². The zero-order valence-corrected chi connectivity index (χ0v) is 8.02. The first-order valence-electron chi connectivity index (χ1n) is 3.25. The standard InChI is InChI=1S/C6H14N2.2ClH/c1-5-6(7-2)3-4-8-5;;/h5-8H,3-4H2,1-2H3;2*1H/t5-,6-;;/m0../s1. The molecule has 0 unspecified atom stereocenters. The van der Waals surface area contributed by atoms with Gasteiger partial charge in [-0.3, -0.25) is 0 Å². The van der Waals surface area contributed by atoms with Gasteiger partial charge in [-0.1, -0.05) is 0 Å². The first kappa shape index (κ1) is 13.1. The molecule has 0 aliphatic carbocycles. The van der Waals surface area contributed by atoms with Crippen molar-refractivity contribution in [3.63, 3.8) is 0 Å². The van der Waals surface area contributed by atoms with Crippen LogP contribution in [0.5, 0.6) is 0 Å². The lowest BCUT2D eigenvalue weighted by molar-refractivity contribution is 0.511. The number of halogens is 2. The van der Waals surface area contributed by atoms with Crippen molar-refractivity contribution in [3.05, 3.63) is 0 Å². The highest BCUT2D eigenvalue weighted by molar-refractivity contribution is 5.85. The average molecular weight is 187 g/mol. The third-order valence-electron chi connectivity index (χ3n) is 1.90. The van der Waals surface area contributed by atoms with Crippen LogP contribution in [0.15, 0.2) is 0 Å². The average Bonchev–Trinajstić information content (AvgIpc) is 2.14. The van der Waals surface area contributed by atoms with Gasteiger partial charge in [0.05, 0.1) is 0 Å². The first-order chi connectivity index (χ1) is 3.84. The van der Waals surface area contributed by atoms with E-state index in [1.54, 1.807) is 0 Å². The fourth-order valence-electron chi connectivity index (χ4n) is 1.25. The number of hydrogen-bond donors (Lipinski definition) is 2. The number of likely N-dealkylation sites (N-methyl/N-ethyl adjacent to an activating group) is 1. The van der Waals surface area contributed by atoms with E-state index in [2.05, 4.69) is 17.6 Å². The van der Waals surface area contributed by atoms with Crippen LogP contribution in [0, 0.1) is 0 Å². The highest BCUT2D eigenvalue weighted by Gasteiger charge is 2.19. The maximum Gasteiger partial charge on any atom is 0.0227 e. The lowest BCUT2D eigenvalue weighted by atomic mass is 10.1. The number of rotatable bonds is 1. The molecule has 1 aliphatic rings. The fraction of sp³-hybridized carbons (Fsp3) is 1.00. The Kier molecular flexibility index (Phi) is 8.17. The summed E-state index contributed by atoms with van der Waals surface area (Å²) in [5, 5.41) is 6.61. The molecule has 64 valence electrons. The Morgan fingerprint density at radius 3 is 2.20 bits per heavy atom. The Bertz CT molecular complexity index is 80.1. The predicted molar refractivity (Wildman–Crippen MR) is 49.4 cm³/mol. The van der Waals surface area contributed by atoms with E-state index >= 15 is 0 Å². The molecule has 0 radical (unpaired) electrons. The van der Waals surface area contributed by atoms with Crippen molar-refractivity contribution >= 4 is 24.8 Å². The lowest BCUT2D eigenvalue weighted by Crippen LogP contribution is -2.35. The second kappa shape index (κ2) is 6.23. The first-order valence-corrected chi connectivity index (χ1v) is 3.25. The summed E-state index contributed by atoms with van der Waals surface area (Å²) in [6.07, 6.45) is 1.28. The van der Waals surface area contributed by atoms with Crippen LogP contribution in [0.25, 0.3) is 0 Å². The molecule has 2 N–H and O–H groups in total. The quantitative estimate of drug-likeness (QED) is 0.634. The highest BCUT2D eigenvalue weighted by Crippen LogP contribution is 2.03. The zero-order chi connectivity index (χ0) is 5.98. The molecule has 1 saturated heterocycles. The van der Waals surface area contributed by atoms with Crippen LogP contribution in [0.2, 0.25) is 0 Å². The molecule has 0 spiro atoms. The number of hydrogen-bond acceptors (Lipinski definition) is 2. The van der Waals surface area contributed by atoms with Crippen molar-refractivity contribution in [1.82, 2.24) is 10.6 Å². The molecule has 0 bridgehead atoms. The summed E-state index contributed by atoms with van der Waals surface area (Å²) >= 11 is 0. The smallest absolute Gasteiger partial charge is 0.0227 e. The van der Waals surface area contributed by atoms with Gasteiger partial charge in [-0.15, -0.1) is 24.8 Å². The molecule has 2 atom stereocenters. The Morgan fingerprint density at radius 1 is 1.40 bits per heavy atom. The maximum atomic E-state index is 3.36. The Morgan fingerprint density at radius 2 is 2.00 bits per heavy atom. The summed E-state index contributed by atoms with van der Waals surface area (Å²) in [6, 6.07) is 1.37. The van der Waals surface area contributed by atoms with Crippen LogP contribution in [-0.2, 0) is 0 Å². The Hall–Kier alpha value is 0.500. The van der Waals surface area contributed by atoms with E-state index in [9.17, 15) is 0 Å². The molecule has 0 aromatic carbocycles. The molecule has 10 heavy (non-hydrogen) atoms. The molecule has 0 saturated carbocycles. The molecule has 1 rings (SSSR count). The summed E-state index contributed by atoms with van der Waals surface area (Å²) in [6.45, 7) is 3.39. The minimum absolute atomic E-state index is 0. The van der Waals surface area contributed by atoms with Gasteiger partial charge < -0.3 is 10.6 Å². The monoisotopic (exact) mass is 186 g/mol. The second-order valence-corrected chi connectivity index (χ2v) is 2.43. The fourth-order valence-corrected chi connectivity index (χ4v) is 1.25. The van der Waals surface area contributed by atoms with Gasteiger partial charge in [0.25, 0.3) is 0 Å². The van der Waals surface area contributed by atoms with E-state index in [-0.39, 0.29) is 24.8 Å². The van der Waals surface area contributed by atoms with Gasteiger partial charge in [0.2, 0.25) is 0 Å². The lowest BCUT2D eigenvalue weighted by Gasteiger charge is -2.12. The summed E-state index contributed by atoms with van der Waals surface area (Å²) in [4.78, 5) is 0. The largest absolute Gasteiger partial charge is 0.315 e. The predicted octanol–water partition coefficient (Wildman–Crippen LogP) is 0.800. The number of nitrogens with one attached hydrogen (secondary N) is 2. The van der Waals surface area contributed by atoms with E-state index in [4.69, 9.17) is 0 Å². The minimum atomic E-state index is 0. The third-order valence-corrected chi connectivity index (χ3v) is 1.90. The Balaban J connectivity index is 0. The van der Waals surface area contributed by atoms with Gasteiger partial charge in [0, 0.05) is 12.1 Å². The Labute approximate surface area is 75.0 Å². The van der Waals surface area contributed by atoms with Crippen LogP contribution in [0.4, 0.5) is 0 Å². The van der Waals surface area contributed by atoms with E-state index in [1.807, 2.05) is 7.05 Å². The highest BCUT2D eigenvalue weighted by atomic mass is 35.5. The normalized spacial score (nSPS) is 30.6.